The summed E-state index contributed by atoms with van der Waals surface area (Å²) in [5, 5.41) is 6.77. The molecular formula is C12H13BrN2O2. The first-order chi connectivity index (χ1) is 8.15. The fourth-order valence-corrected chi connectivity index (χ4v) is 1.87. The summed E-state index contributed by atoms with van der Waals surface area (Å²) in [7, 11) is 0. The summed E-state index contributed by atoms with van der Waals surface area (Å²) in [5.41, 5.74) is 1.98. The van der Waals surface area contributed by atoms with E-state index in [2.05, 4.69) is 26.4 Å². The minimum Gasteiger partial charge on any atom is -0.390 e. The predicted octanol–water partition coefficient (Wildman–Crippen LogP) is 2.08. The highest BCUT2D eigenvalue weighted by Crippen LogP contribution is 2.18. The molecule has 0 aliphatic carbocycles. The molecule has 1 aliphatic heterocycles. The smallest absolute Gasteiger partial charge is 0.217 e. The van der Waals surface area contributed by atoms with Gasteiger partial charge in [0, 0.05) is 17.8 Å². The maximum absolute atomic E-state index is 10.8. The van der Waals surface area contributed by atoms with Crippen LogP contribution in [0.25, 0.3) is 0 Å². The Morgan fingerprint density at radius 1 is 1.53 bits per heavy atom. The number of halogens is 1. The first-order valence-corrected chi connectivity index (χ1v) is 6.17. The fraction of sp³-hybridized carbons (Fsp3) is 0.333. The highest BCUT2D eigenvalue weighted by atomic mass is 79.9. The summed E-state index contributed by atoms with van der Waals surface area (Å²) in [6.07, 6.45) is 0.666. The number of rotatable bonds is 3. The van der Waals surface area contributed by atoms with E-state index >= 15 is 0 Å². The Hall–Kier alpha value is -1.36. The molecule has 4 nitrogen and oxygen atoms in total. The third-order valence-corrected chi connectivity index (χ3v) is 3.02. The van der Waals surface area contributed by atoms with Gasteiger partial charge in [0.15, 0.2) is 0 Å². The first kappa shape index (κ1) is 12.1. The van der Waals surface area contributed by atoms with Crippen LogP contribution in [0, 0.1) is 0 Å². The quantitative estimate of drug-likeness (QED) is 0.928. The molecule has 1 N–H and O–H groups in total. The fourth-order valence-electron chi connectivity index (χ4n) is 1.61. The van der Waals surface area contributed by atoms with Gasteiger partial charge in [-0.05, 0) is 17.7 Å². The van der Waals surface area contributed by atoms with Crippen molar-refractivity contribution in [3.8, 4) is 0 Å². The Kier molecular flexibility index (Phi) is 3.78. The molecule has 0 bridgehead atoms. The van der Waals surface area contributed by atoms with Crippen molar-refractivity contribution in [2.24, 2.45) is 5.16 Å². The Balaban J connectivity index is 1.93. The highest BCUT2D eigenvalue weighted by Gasteiger charge is 2.22. The van der Waals surface area contributed by atoms with Gasteiger partial charge in [-0.25, -0.2) is 0 Å². The predicted molar refractivity (Wildman–Crippen MR) is 68.9 cm³/mol. The van der Waals surface area contributed by atoms with Gasteiger partial charge in [-0.1, -0.05) is 33.2 Å². The standard InChI is InChI=1S/C12H13BrN2O2/c1-8(16)14-7-11-6-12(15-17-11)9-2-4-10(13)5-3-9/h2-5,11H,6-7H2,1H3,(H,14,16)/t11-/m0/s1. The van der Waals surface area contributed by atoms with Crippen LogP contribution in [0.3, 0.4) is 0 Å². The van der Waals surface area contributed by atoms with E-state index in [4.69, 9.17) is 4.84 Å². The van der Waals surface area contributed by atoms with Gasteiger partial charge in [-0.3, -0.25) is 4.79 Å². The molecule has 2 rings (SSSR count). The molecule has 1 heterocycles. The van der Waals surface area contributed by atoms with Crippen molar-refractivity contribution in [3.05, 3.63) is 34.3 Å². The van der Waals surface area contributed by atoms with E-state index in [0.29, 0.717) is 6.54 Å². The zero-order chi connectivity index (χ0) is 12.3. The minimum atomic E-state index is -0.0578. The van der Waals surface area contributed by atoms with Crippen molar-refractivity contribution in [3.63, 3.8) is 0 Å². The Labute approximate surface area is 108 Å². The molecule has 1 aromatic carbocycles. The highest BCUT2D eigenvalue weighted by molar-refractivity contribution is 9.10. The summed E-state index contributed by atoms with van der Waals surface area (Å²) in [5.74, 6) is -0.0503. The molecule has 0 fully saturated rings. The molecule has 0 aromatic heterocycles. The first-order valence-electron chi connectivity index (χ1n) is 5.38. The lowest BCUT2D eigenvalue weighted by molar-refractivity contribution is -0.119. The van der Waals surface area contributed by atoms with Gasteiger partial charge < -0.3 is 10.2 Å². The molecule has 0 unspecified atom stereocenters. The number of hydrogen-bond donors (Lipinski definition) is 1. The molecule has 1 aliphatic rings. The number of nitrogens with zero attached hydrogens (tertiary/aromatic N) is 1. The molecule has 0 radical (unpaired) electrons. The van der Waals surface area contributed by atoms with Crippen LogP contribution in [-0.4, -0.2) is 24.3 Å². The number of oxime groups is 1. The van der Waals surface area contributed by atoms with Gasteiger partial charge in [-0.15, -0.1) is 0 Å². The van der Waals surface area contributed by atoms with Crippen molar-refractivity contribution in [2.45, 2.75) is 19.4 Å². The molecule has 90 valence electrons. The van der Waals surface area contributed by atoms with Gasteiger partial charge in [0.1, 0.15) is 6.10 Å². The van der Waals surface area contributed by atoms with E-state index in [0.717, 1.165) is 22.2 Å². The second kappa shape index (κ2) is 5.31. The normalized spacial score (nSPS) is 18.5. The lowest BCUT2D eigenvalue weighted by Gasteiger charge is -2.07. The van der Waals surface area contributed by atoms with Crippen molar-refractivity contribution in [1.29, 1.82) is 0 Å². The summed E-state index contributed by atoms with van der Waals surface area (Å²) in [6, 6.07) is 7.93. The molecule has 1 atom stereocenters. The molecule has 5 heteroatoms. The van der Waals surface area contributed by atoms with Gasteiger partial charge in [0.25, 0.3) is 0 Å². The van der Waals surface area contributed by atoms with E-state index in [9.17, 15) is 4.79 Å². The SMILES string of the molecule is CC(=O)NC[C@@H]1CC(c2ccc(Br)cc2)=NO1. The zero-order valence-electron chi connectivity index (χ0n) is 9.44. The van der Waals surface area contributed by atoms with E-state index in [1.54, 1.807) is 0 Å². The van der Waals surface area contributed by atoms with Crippen LogP contribution in [0.1, 0.15) is 18.9 Å². The second-order valence-electron chi connectivity index (χ2n) is 3.91. The van der Waals surface area contributed by atoms with Crippen LogP contribution in [0.2, 0.25) is 0 Å². The van der Waals surface area contributed by atoms with E-state index < -0.39 is 0 Å². The van der Waals surface area contributed by atoms with Gasteiger partial charge in [-0.2, -0.15) is 0 Å². The molecule has 0 saturated heterocycles. The lowest BCUT2D eigenvalue weighted by Crippen LogP contribution is -2.30. The second-order valence-corrected chi connectivity index (χ2v) is 4.83. The molecule has 0 spiro atoms. The molecule has 1 aromatic rings. The largest absolute Gasteiger partial charge is 0.390 e. The minimum absolute atomic E-state index is 0.0503. The number of amides is 1. The van der Waals surface area contributed by atoms with Crippen molar-refractivity contribution < 1.29 is 9.63 Å². The number of benzene rings is 1. The van der Waals surface area contributed by atoms with Crippen LogP contribution >= 0.6 is 15.9 Å². The molecule has 0 saturated carbocycles. The summed E-state index contributed by atoms with van der Waals surface area (Å²) in [6.45, 7) is 1.99. The third-order valence-electron chi connectivity index (χ3n) is 2.49. The Morgan fingerprint density at radius 3 is 2.88 bits per heavy atom. The monoisotopic (exact) mass is 296 g/mol. The van der Waals surface area contributed by atoms with Crippen LogP contribution in [0.4, 0.5) is 0 Å². The maximum Gasteiger partial charge on any atom is 0.217 e. The van der Waals surface area contributed by atoms with Crippen LogP contribution in [0.15, 0.2) is 33.9 Å². The van der Waals surface area contributed by atoms with Crippen molar-refractivity contribution in [1.82, 2.24) is 5.32 Å². The summed E-state index contributed by atoms with van der Waals surface area (Å²) < 4.78 is 1.04. The van der Waals surface area contributed by atoms with Crippen LogP contribution < -0.4 is 5.32 Å². The van der Waals surface area contributed by atoms with E-state index in [-0.39, 0.29) is 12.0 Å². The number of carbonyl (C=O) groups is 1. The summed E-state index contributed by atoms with van der Waals surface area (Å²) >= 11 is 3.39. The average molecular weight is 297 g/mol. The summed E-state index contributed by atoms with van der Waals surface area (Å²) in [4.78, 5) is 16.0. The third kappa shape index (κ3) is 3.30. The van der Waals surface area contributed by atoms with Crippen molar-refractivity contribution in [2.75, 3.05) is 6.54 Å². The van der Waals surface area contributed by atoms with Crippen molar-refractivity contribution >= 4 is 27.5 Å². The topological polar surface area (TPSA) is 50.7 Å². The zero-order valence-corrected chi connectivity index (χ0v) is 11.0. The molecule has 1 amide bonds. The Morgan fingerprint density at radius 2 is 2.24 bits per heavy atom. The Bertz CT molecular complexity index is 442. The number of nitrogens with one attached hydrogen (secondary N) is 1. The number of carbonyl (C=O) groups excluding carboxylic acids is 1. The van der Waals surface area contributed by atoms with Crippen LogP contribution in [0.5, 0.6) is 0 Å². The maximum atomic E-state index is 10.8. The lowest BCUT2D eigenvalue weighted by atomic mass is 10.1. The average Bonchev–Trinajstić information content (AvgIpc) is 2.76. The van der Waals surface area contributed by atoms with E-state index in [1.165, 1.54) is 6.92 Å². The molecule has 17 heavy (non-hydrogen) atoms. The van der Waals surface area contributed by atoms with Gasteiger partial charge in [0.05, 0.1) is 12.3 Å². The van der Waals surface area contributed by atoms with Gasteiger partial charge >= 0.3 is 0 Å². The number of hydrogen-bond acceptors (Lipinski definition) is 3. The van der Waals surface area contributed by atoms with Crippen LogP contribution in [-0.2, 0) is 9.63 Å². The van der Waals surface area contributed by atoms with Gasteiger partial charge in [0.2, 0.25) is 5.91 Å². The molecular weight excluding hydrogens is 284 g/mol. The van der Waals surface area contributed by atoms with E-state index in [1.807, 2.05) is 24.3 Å².